The Hall–Kier alpha value is -1.15. The standard InChI is InChI=1S/C18H23NO/c20-15-9-11-19(12-10-15)17-8-7-14-4-1-3-13-5-2-6-16(17)18(13)14/h2,5-6,14,17H,1,3-4,7-12H2/t14-,17-/m0/s1. The Morgan fingerprint density at radius 2 is 1.85 bits per heavy atom. The van der Waals surface area contributed by atoms with Crippen molar-refractivity contribution in [3.8, 4) is 0 Å². The Kier molecular flexibility index (Phi) is 3.14. The van der Waals surface area contributed by atoms with Crippen LogP contribution in [-0.2, 0) is 11.2 Å². The van der Waals surface area contributed by atoms with Crippen molar-refractivity contribution in [2.45, 2.75) is 56.9 Å². The molecule has 2 aliphatic carbocycles. The summed E-state index contributed by atoms with van der Waals surface area (Å²) < 4.78 is 0. The van der Waals surface area contributed by atoms with E-state index in [1.807, 2.05) is 0 Å². The molecule has 0 N–H and O–H groups in total. The molecule has 2 heteroatoms. The zero-order chi connectivity index (χ0) is 13.5. The van der Waals surface area contributed by atoms with Crippen molar-refractivity contribution in [3.05, 3.63) is 34.9 Å². The molecule has 1 aliphatic heterocycles. The molecule has 20 heavy (non-hydrogen) atoms. The maximum Gasteiger partial charge on any atom is 0.135 e. The number of ketones is 1. The Morgan fingerprint density at radius 3 is 2.70 bits per heavy atom. The molecule has 1 saturated heterocycles. The number of rotatable bonds is 1. The predicted octanol–water partition coefficient (Wildman–Crippen LogP) is 3.61. The average Bonchev–Trinajstić information content (AvgIpc) is 2.49. The minimum atomic E-state index is 0.449. The van der Waals surface area contributed by atoms with Gasteiger partial charge in [0.1, 0.15) is 5.78 Å². The molecule has 0 saturated carbocycles. The van der Waals surface area contributed by atoms with Crippen LogP contribution in [0.1, 0.15) is 67.2 Å². The number of piperidine rings is 1. The second-order valence-corrected chi connectivity index (χ2v) is 6.68. The predicted molar refractivity (Wildman–Crippen MR) is 79.9 cm³/mol. The van der Waals surface area contributed by atoms with Crippen molar-refractivity contribution in [2.24, 2.45) is 0 Å². The molecule has 106 valence electrons. The molecule has 1 fully saturated rings. The molecule has 0 aromatic heterocycles. The number of likely N-dealkylation sites (tertiary alicyclic amines) is 1. The topological polar surface area (TPSA) is 20.3 Å². The highest BCUT2D eigenvalue weighted by molar-refractivity contribution is 5.79. The first-order valence-corrected chi connectivity index (χ1v) is 8.20. The summed E-state index contributed by atoms with van der Waals surface area (Å²) in [4.78, 5) is 14.0. The molecule has 0 bridgehead atoms. The number of hydrogen-bond donors (Lipinski definition) is 0. The van der Waals surface area contributed by atoms with Gasteiger partial charge in [0, 0.05) is 32.0 Å². The summed E-state index contributed by atoms with van der Waals surface area (Å²) in [6.45, 7) is 1.94. The molecule has 0 unspecified atom stereocenters. The number of benzene rings is 1. The first-order chi connectivity index (χ1) is 9.83. The monoisotopic (exact) mass is 269 g/mol. The van der Waals surface area contributed by atoms with Crippen molar-refractivity contribution < 1.29 is 4.79 Å². The summed E-state index contributed by atoms with van der Waals surface area (Å²) in [5.74, 6) is 1.27. The van der Waals surface area contributed by atoms with Crippen LogP contribution < -0.4 is 0 Å². The van der Waals surface area contributed by atoms with E-state index in [0.29, 0.717) is 11.8 Å². The summed E-state index contributed by atoms with van der Waals surface area (Å²) in [6.07, 6.45) is 8.17. The third kappa shape index (κ3) is 2.01. The van der Waals surface area contributed by atoms with Crippen molar-refractivity contribution >= 4 is 5.78 Å². The average molecular weight is 269 g/mol. The lowest BCUT2D eigenvalue weighted by Crippen LogP contribution is -2.39. The third-order valence-electron chi connectivity index (χ3n) is 5.58. The van der Waals surface area contributed by atoms with Crippen LogP contribution >= 0.6 is 0 Å². The van der Waals surface area contributed by atoms with Crippen molar-refractivity contribution in [3.63, 3.8) is 0 Å². The zero-order valence-electron chi connectivity index (χ0n) is 12.1. The van der Waals surface area contributed by atoms with Gasteiger partial charge in [0.05, 0.1) is 0 Å². The molecule has 0 spiro atoms. The van der Waals surface area contributed by atoms with Gasteiger partial charge in [-0.3, -0.25) is 9.69 Å². The Bertz CT molecular complexity index is 526. The van der Waals surface area contributed by atoms with Gasteiger partial charge in [0.2, 0.25) is 0 Å². The number of Topliss-reactive ketones (excluding diaryl/α,β-unsaturated/α-hetero) is 1. The van der Waals surface area contributed by atoms with Gasteiger partial charge in [-0.1, -0.05) is 18.2 Å². The fraction of sp³-hybridized carbons (Fsp3) is 0.611. The van der Waals surface area contributed by atoms with Gasteiger partial charge >= 0.3 is 0 Å². The smallest absolute Gasteiger partial charge is 0.135 e. The number of nitrogens with zero attached hydrogens (tertiary/aromatic N) is 1. The minimum Gasteiger partial charge on any atom is -0.300 e. The molecule has 4 rings (SSSR count). The lowest BCUT2D eigenvalue weighted by molar-refractivity contribution is -0.122. The van der Waals surface area contributed by atoms with E-state index < -0.39 is 0 Å². The number of carbonyl (C=O) groups is 1. The summed E-state index contributed by atoms with van der Waals surface area (Å²) in [5, 5.41) is 0. The fourth-order valence-electron chi connectivity index (χ4n) is 4.59. The van der Waals surface area contributed by atoms with Crippen LogP contribution in [0.2, 0.25) is 0 Å². The molecule has 0 amide bonds. The number of carbonyl (C=O) groups excluding carboxylic acids is 1. The normalized spacial score (nSPS) is 30.1. The lowest BCUT2D eigenvalue weighted by Gasteiger charge is -2.42. The van der Waals surface area contributed by atoms with E-state index in [2.05, 4.69) is 23.1 Å². The van der Waals surface area contributed by atoms with Crippen LogP contribution in [0.5, 0.6) is 0 Å². The van der Waals surface area contributed by atoms with E-state index >= 15 is 0 Å². The molecule has 3 aliphatic rings. The molecular weight excluding hydrogens is 246 g/mol. The van der Waals surface area contributed by atoms with Gasteiger partial charge in [0.25, 0.3) is 0 Å². The van der Waals surface area contributed by atoms with Gasteiger partial charge in [-0.2, -0.15) is 0 Å². The second kappa shape index (κ2) is 5.00. The van der Waals surface area contributed by atoms with E-state index in [9.17, 15) is 4.79 Å². The molecule has 0 radical (unpaired) electrons. The van der Waals surface area contributed by atoms with Crippen LogP contribution in [0.25, 0.3) is 0 Å². The SMILES string of the molecule is O=C1CCN([C@H]2CC[C@@H]3CCCc4cccc2c43)CC1. The Morgan fingerprint density at radius 1 is 1.00 bits per heavy atom. The van der Waals surface area contributed by atoms with Crippen molar-refractivity contribution in [1.82, 2.24) is 4.90 Å². The minimum absolute atomic E-state index is 0.449. The molecule has 1 aromatic carbocycles. The number of hydrogen-bond acceptors (Lipinski definition) is 2. The Labute approximate surface area is 121 Å². The van der Waals surface area contributed by atoms with Gasteiger partial charge in [0.15, 0.2) is 0 Å². The lowest BCUT2D eigenvalue weighted by atomic mass is 9.71. The summed E-state index contributed by atoms with van der Waals surface area (Å²) in [5.41, 5.74) is 4.89. The highest BCUT2D eigenvalue weighted by Crippen LogP contribution is 2.46. The largest absolute Gasteiger partial charge is 0.300 e. The fourth-order valence-corrected chi connectivity index (χ4v) is 4.59. The van der Waals surface area contributed by atoms with Crippen LogP contribution in [0, 0.1) is 0 Å². The van der Waals surface area contributed by atoms with Crippen LogP contribution in [0.4, 0.5) is 0 Å². The van der Waals surface area contributed by atoms with Crippen molar-refractivity contribution in [1.29, 1.82) is 0 Å². The van der Waals surface area contributed by atoms with Crippen LogP contribution in [-0.4, -0.2) is 23.8 Å². The summed E-state index contributed by atoms with van der Waals surface area (Å²) in [7, 11) is 0. The molecule has 2 atom stereocenters. The first kappa shape index (κ1) is 12.6. The van der Waals surface area contributed by atoms with E-state index in [-0.39, 0.29) is 0 Å². The molecule has 1 aromatic rings. The van der Waals surface area contributed by atoms with Crippen LogP contribution in [0.15, 0.2) is 18.2 Å². The second-order valence-electron chi connectivity index (χ2n) is 6.68. The van der Waals surface area contributed by atoms with Gasteiger partial charge < -0.3 is 0 Å². The highest BCUT2D eigenvalue weighted by Gasteiger charge is 2.34. The van der Waals surface area contributed by atoms with Crippen molar-refractivity contribution in [2.75, 3.05) is 13.1 Å². The summed E-state index contributed by atoms with van der Waals surface area (Å²) >= 11 is 0. The zero-order valence-corrected chi connectivity index (χ0v) is 12.1. The van der Waals surface area contributed by atoms with E-state index in [1.165, 1.54) is 32.1 Å². The van der Waals surface area contributed by atoms with E-state index in [1.54, 1.807) is 16.7 Å². The van der Waals surface area contributed by atoms with Gasteiger partial charge in [-0.05, 0) is 54.7 Å². The molecular formula is C18H23NO. The van der Waals surface area contributed by atoms with Crippen LogP contribution in [0.3, 0.4) is 0 Å². The maximum absolute atomic E-state index is 11.5. The molecule has 2 nitrogen and oxygen atoms in total. The number of aryl methyl sites for hydroxylation is 1. The Balaban J connectivity index is 1.68. The van der Waals surface area contributed by atoms with Gasteiger partial charge in [-0.25, -0.2) is 0 Å². The quantitative estimate of drug-likeness (QED) is 0.776. The highest BCUT2D eigenvalue weighted by atomic mass is 16.1. The van der Waals surface area contributed by atoms with Gasteiger partial charge in [-0.15, -0.1) is 0 Å². The van der Waals surface area contributed by atoms with E-state index in [0.717, 1.165) is 31.8 Å². The van der Waals surface area contributed by atoms with E-state index in [4.69, 9.17) is 0 Å². The third-order valence-corrected chi connectivity index (χ3v) is 5.58. The maximum atomic E-state index is 11.5. The molecule has 1 heterocycles. The summed E-state index contributed by atoms with van der Waals surface area (Å²) in [6, 6.07) is 7.53. The first-order valence-electron chi connectivity index (χ1n) is 8.20.